The zero-order chi connectivity index (χ0) is 22.4. The Labute approximate surface area is 185 Å². The Balaban J connectivity index is 2.15. The van der Waals surface area contributed by atoms with Crippen molar-refractivity contribution < 1.29 is 4.74 Å². The molecule has 164 valence electrons. The first-order valence-corrected chi connectivity index (χ1v) is 11.2. The third-order valence-electron chi connectivity index (χ3n) is 6.00. The molecular formula is C25H33N5O. The number of hydrogen-bond donors (Lipinski definition) is 1. The lowest BCUT2D eigenvalue weighted by atomic mass is 9.75. The van der Waals surface area contributed by atoms with Gasteiger partial charge in [-0.1, -0.05) is 38.8 Å². The normalized spacial score (nSPS) is 16.5. The van der Waals surface area contributed by atoms with E-state index in [9.17, 15) is 5.26 Å². The number of aromatic nitrogens is 2. The van der Waals surface area contributed by atoms with Crippen LogP contribution in [0.15, 0.2) is 65.9 Å². The summed E-state index contributed by atoms with van der Waals surface area (Å²) in [5.74, 6) is 1.13. The lowest BCUT2D eigenvalue weighted by molar-refractivity contribution is 0.162. The number of nitrogens with two attached hydrogens (primary N) is 1. The minimum absolute atomic E-state index is 0.206. The molecule has 0 saturated heterocycles. The fourth-order valence-corrected chi connectivity index (χ4v) is 4.36. The average Bonchev–Trinajstić information content (AvgIpc) is 3.33. The summed E-state index contributed by atoms with van der Waals surface area (Å²) in [5, 5.41) is 10.0. The van der Waals surface area contributed by atoms with Gasteiger partial charge in [-0.15, -0.1) is 0 Å². The Morgan fingerprint density at radius 1 is 1.19 bits per heavy atom. The summed E-state index contributed by atoms with van der Waals surface area (Å²) in [5.41, 5.74) is 10.0. The van der Waals surface area contributed by atoms with Crippen molar-refractivity contribution in [2.24, 2.45) is 11.7 Å². The third kappa shape index (κ3) is 4.61. The van der Waals surface area contributed by atoms with Gasteiger partial charge in [-0.2, -0.15) is 5.26 Å². The maximum absolute atomic E-state index is 10.0. The summed E-state index contributed by atoms with van der Waals surface area (Å²) in [6.07, 6.45) is 9.71. The predicted octanol–water partition coefficient (Wildman–Crippen LogP) is 5.06. The minimum atomic E-state index is -0.206. The zero-order valence-electron chi connectivity index (χ0n) is 19.0. The first-order chi connectivity index (χ1) is 15.0. The first kappa shape index (κ1) is 22.5. The minimum Gasteiger partial charge on any atom is -0.424 e. The molecule has 1 atom stereocenters. The molecule has 0 radical (unpaired) electrons. The van der Waals surface area contributed by atoms with Crippen molar-refractivity contribution >= 4 is 0 Å². The van der Waals surface area contributed by atoms with E-state index in [4.69, 9.17) is 10.5 Å². The summed E-state index contributed by atoms with van der Waals surface area (Å²) in [4.78, 5) is 6.23. The standard InChI is InChI=1S/C25H33N5O/c1-5-8-18(9-6-2)23-22(21(16-26)24(27)31-25(23)29(4)7-3)19-10-12-20(13-11-19)30-15-14-28-17-30/h10-15,17-18,22H,5-9,27H2,1-4H3. The summed E-state index contributed by atoms with van der Waals surface area (Å²) in [6.45, 7) is 7.31. The van der Waals surface area contributed by atoms with Crippen LogP contribution in [0.2, 0.25) is 0 Å². The van der Waals surface area contributed by atoms with Gasteiger partial charge >= 0.3 is 0 Å². The zero-order valence-corrected chi connectivity index (χ0v) is 19.0. The lowest BCUT2D eigenvalue weighted by Crippen LogP contribution is -2.32. The highest BCUT2D eigenvalue weighted by atomic mass is 16.5. The number of imidazole rings is 1. The van der Waals surface area contributed by atoms with E-state index in [0.29, 0.717) is 11.5 Å². The van der Waals surface area contributed by atoms with Crippen LogP contribution < -0.4 is 5.73 Å². The largest absolute Gasteiger partial charge is 0.424 e. The highest BCUT2D eigenvalue weighted by Crippen LogP contribution is 2.45. The van der Waals surface area contributed by atoms with Gasteiger partial charge in [0.2, 0.25) is 5.88 Å². The molecule has 6 nitrogen and oxygen atoms in total. The molecule has 0 bridgehead atoms. The maximum Gasteiger partial charge on any atom is 0.207 e. The fraction of sp³-hybridized carbons (Fsp3) is 0.440. The number of nitrogens with zero attached hydrogens (tertiary/aromatic N) is 4. The fourth-order valence-electron chi connectivity index (χ4n) is 4.36. The second-order valence-electron chi connectivity index (χ2n) is 8.04. The molecule has 0 amide bonds. The molecule has 1 unspecified atom stereocenters. The molecule has 2 aromatic rings. The number of nitriles is 1. The Morgan fingerprint density at radius 3 is 2.39 bits per heavy atom. The molecule has 2 heterocycles. The van der Waals surface area contributed by atoms with E-state index in [-0.39, 0.29) is 11.8 Å². The molecule has 0 aliphatic carbocycles. The molecule has 3 rings (SSSR count). The van der Waals surface area contributed by atoms with Crippen molar-refractivity contribution in [1.29, 1.82) is 5.26 Å². The summed E-state index contributed by atoms with van der Waals surface area (Å²) >= 11 is 0. The summed E-state index contributed by atoms with van der Waals surface area (Å²) in [6, 6.07) is 10.7. The second kappa shape index (κ2) is 10.2. The van der Waals surface area contributed by atoms with E-state index >= 15 is 0 Å². The Bertz CT molecular complexity index is 960. The van der Waals surface area contributed by atoms with Crippen molar-refractivity contribution in [3.63, 3.8) is 0 Å². The molecule has 2 N–H and O–H groups in total. The van der Waals surface area contributed by atoms with Gasteiger partial charge in [0.1, 0.15) is 11.6 Å². The van der Waals surface area contributed by atoms with Crippen molar-refractivity contribution in [3.8, 4) is 11.8 Å². The van der Waals surface area contributed by atoms with Crippen LogP contribution in [0, 0.1) is 17.2 Å². The van der Waals surface area contributed by atoms with Crippen LogP contribution in [0.3, 0.4) is 0 Å². The highest BCUT2D eigenvalue weighted by molar-refractivity contribution is 5.51. The molecule has 1 aromatic heterocycles. The molecular weight excluding hydrogens is 386 g/mol. The number of ether oxygens (including phenoxy) is 1. The molecule has 1 aliphatic rings. The first-order valence-electron chi connectivity index (χ1n) is 11.2. The number of benzene rings is 1. The van der Waals surface area contributed by atoms with E-state index in [1.807, 2.05) is 17.8 Å². The molecule has 0 spiro atoms. The quantitative estimate of drug-likeness (QED) is 0.614. The highest BCUT2D eigenvalue weighted by Gasteiger charge is 2.37. The van der Waals surface area contributed by atoms with E-state index in [2.05, 4.69) is 61.0 Å². The van der Waals surface area contributed by atoms with Crippen LogP contribution in [0.5, 0.6) is 0 Å². The topological polar surface area (TPSA) is 80.1 Å². The van der Waals surface area contributed by atoms with Crippen LogP contribution in [0.1, 0.15) is 57.9 Å². The van der Waals surface area contributed by atoms with Crippen LogP contribution in [-0.4, -0.2) is 28.0 Å². The molecule has 0 fully saturated rings. The summed E-state index contributed by atoms with van der Waals surface area (Å²) in [7, 11) is 2.02. The average molecular weight is 420 g/mol. The van der Waals surface area contributed by atoms with Crippen LogP contribution in [0.4, 0.5) is 0 Å². The van der Waals surface area contributed by atoms with E-state index in [0.717, 1.165) is 49.4 Å². The van der Waals surface area contributed by atoms with Crippen LogP contribution in [-0.2, 0) is 4.74 Å². The number of allylic oxidation sites excluding steroid dienone is 2. The Morgan fingerprint density at radius 2 is 1.87 bits per heavy atom. The number of hydrogen-bond acceptors (Lipinski definition) is 5. The van der Waals surface area contributed by atoms with Crippen molar-refractivity contribution in [3.05, 3.63) is 71.5 Å². The van der Waals surface area contributed by atoms with E-state index in [1.54, 1.807) is 12.5 Å². The van der Waals surface area contributed by atoms with Gasteiger partial charge in [-0.25, -0.2) is 4.98 Å². The molecule has 6 heteroatoms. The van der Waals surface area contributed by atoms with Gasteiger partial charge in [0.15, 0.2) is 5.88 Å². The molecule has 31 heavy (non-hydrogen) atoms. The van der Waals surface area contributed by atoms with Crippen LogP contribution >= 0.6 is 0 Å². The Kier molecular flexibility index (Phi) is 7.41. The van der Waals surface area contributed by atoms with Gasteiger partial charge in [-0.05, 0) is 43.4 Å². The number of rotatable bonds is 9. The van der Waals surface area contributed by atoms with Crippen molar-refractivity contribution in [2.45, 2.75) is 52.4 Å². The molecule has 1 aromatic carbocycles. The maximum atomic E-state index is 10.0. The van der Waals surface area contributed by atoms with Gasteiger partial charge in [0.05, 0.1) is 12.2 Å². The van der Waals surface area contributed by atoms with E-state index < -0.39 is 0 Å². The van der Waals surface area contributed by atoms with Gasteiger partial charge in [0.25, 0.3) is 0 Å². The molecule has 1 aliphatic heterocycles. The SMILES string of the molecule is CCCC(CCC)C1=C(N(C)CC)OC(N)=C(C#N)C1c1ccc(-n2ccnc2)cc1. The smallest absolute Gasteiger partial charge is 0.207 e. The van der Waals surface area contributed by atoms with Gasteiger partial charge in [-0.3, -0.25) is 0 Å². The predicted molar refractivity (Wildman–Crippen MR) is 123 cm³/mol. The van der Waals surface area contributed by atoms with E-state index in [1.165, 1.54) is 5.57 Å². The van der Waals surface area contributed by atoms with Crippen molar-refractivity contribution in [1.82, 2.24) is 14.5 Å². The third-order valence-corrected chi connectivity index (χ3v) is 6.00. The molecule has 0 saturated carbocycles. The van der Waals surface area contributed by atoms with Crippen LogP contribution in [0.25, 0.3) is 5.69 Å². The van der Waals surface area contributed by atoms with Gasteiger partial charge in [0, 0.05) is 37.2 Å². The monoisotopic (exact) mass is 419 g/mol. The Hall–Kier alpha value is -3.20. The summed E-state index contributed by atoms with van der Waals surface area (Å²) < 4.78 is 8.06. The van der Waals surface area contributed by atoms with Gasteiger partial charge < -0.3 is 19.9 Å². The van der Waals surface area contributed by atoms with Crippen molar-refractivity contribution in [2.75, 3.05) is 13.6 Å². The second-order valence-corrected chi connectivity index (χ2v) is 8.04. The lowest BCUT2D eigenvalue weighted by Gasteiger charge is -2.36.